The largest absolute Gasteiger partial charge is 0.475 e. The van der Waals surface area contributed by atoms with E-state index in [4.69, 9.17) is 15.9 Å². The number of furan rings is 1. The number of hydrogen-bond acceptors (Lipinski definition) is 4. The van der Waals surface area contributed by atoms with Crippen LogP contribution in [0, 0.1) is 12.3 Å². The molecule has 0 atom stereocenters. The van der Waals surface area contributed by atoms with Crippen molar-refractivity contribution in [1.29, 1.82) is 0 Å². The maximum atomic E-state index is 11.7. The van der Waals surface area contributed by atoms with Gasteiger partial charge in [0.1, 0.15) is 0 Å². The van der Waals surface area contributed by atoms with E-state index in [1.807, 2.05) is 0 Å². The number of terminal acetylenes is 1. The summed E-state index contributed by atoms with van der Waals surface area (Å²) < 4.78 is 30.3. The van der Waals surface area contributed by atoms with Crippen molar-refractivity contribution in [3.8, 4) is 12.3 Å². The standard InChI is InChI=1S/C11H13NO5S/c1-2-3-4-5-8-12-18(15,16)10-7-6-9(17-10)11(13)14/h1,6-7,12H,3-5,8H2,(H,13,14). The molecule has 0 aliphatic heterocycles. The lowest BCUT2D eigenvalue weighted by Crippen LogP contribution is -2.24. The monoisotopic (exact) mass is 271 g/mol. The third kappa shape index (κ3) is 3.91. The van der Waals surface area contributed by atoms with Gasteiger partial charge in [-0.1, -0.05) is 0 Å². The zero-order valence-corrected chi connectivity index (χ0v) is 10.4. The molecule has 0 spiro atoms. The van der Waals surface area contributed by atoms with Crippen molar-refractivity contribution in [3.05, 3.63) is 17.9 Å². The van der Waals surface area contributed by atoms with E-state index in [9.17, 15) is 13.2 Å². The Balaban J connectivity index is 2.58. The molecule has 0 saturated carbocycles. The van der Waals surface area contributed by atoms with Crippen LogP contribution in [0.15, 0.2) is 21.6 Å². The Labute approximate surface area is 105 Å². The fourth-order valence-electron chi connectivity index (χ4n) is 1.21. The molecule has 1 heterocycles. The second-order valence-electron chi connectivity index (χ2n) is 3.48. The number of sulfonamides is 1. The second-order valence-corrected chi connectivity index (χ2v) is 5.18. The molecule has 0 radical (unpaired) electrons. The summed E-state index contributed by atoms with van der Waals surface area (Å²) in [5.41, 5.74) is 0. The first-order valence-corrected chi connectivity index (χ1v) is 6.72. The van der Waals surface area contributed by atoms with E-state index in [2.05, 4.69) is 10.6 Å². The van der Waals surface area contributed by atoms with Crippen molar-refractivity contribution in [2.75, 3.05) is 6.54 Å². The van der Waals surface area contributed by atoms with Gasteiger partial charge < -0.3 is 9.52 Å². The summed E-state index contributed by atoms with van der Waals surface area (Å²) in [5.74, 6) is 0.723. The highest BCUT2D eigenvalue weighted by atomic mass is 32.2. The lowest BCUT2D eigenvalue weighted by Gasteiger charge is -2.02. The van der Waals surface area contributed by atoms with Crippen molar-refractivity contribution < 1.29 is 22.7 Å². The average Bonchev–Trinajstić information content (AvgIpc) is 2.78. The highest BCUT2D eigenvalue weighted by molar-refractivity contribution is 7.89. The van der Waals surface area contributed by atoms with Gasteiger partial charge in [-0.2, -0.15) is 0 Å². The minimum atomic E-state index is -3.79. The van der Waals surface area contributed by atoms with Crippen LogP contribution in [0.1, 0.15) is 29.8 Å². The molecular formula is C11H13NO5S. The number of aromatic carboxylic acids is 1. The van der Waals surface area contributed by atoms with Crippen LogP contribution in [-0.4, -0.2) is 26.0 Å². The Morgan fingerprint density at radius 2 is 2.17 bits per heavy atom. The van der Waals surface area contributed by atoms with Gasteiger partial charge in [-0.15, -0.1) is 12.3 Å². The van der Waals surface area contributed by atoms with E-state index in [1.54, 1.807) is 0 Å². The van der Waals surface area contributed by atoms with Crippen molar-refractivity contribution in [3.63, 3.8) is 0 Å². The Kier molecular flexibility index (Phi) is 4.95. The first-order chi connectivity index (χ1) is 8.47. The molecule has 0 aliphatic rings. The quantitative estimate of drug-likeness (QED) is 0.571. The maximum absolute atomic E-state index is 11.7. The summed E-state index contributed by atoms with van der Waals surface area (Å²) in [6.07, 6.45) is 6.98. The molecule has 0 saturated heterocycles. The van der Waals surface area contributed by atoms with Gasteiger partial charge in [0.05, 0.1) is 0 Å². The number of hydrogen-bond donors (Lipinski definition) is 2. The zero-order valence-electron chi connectivity index (χ0n) is 9.55. The fourth-order valence-corrected chi connectivity index (χ4v) is 2.21. The molecule has 0 aliphatic carbocycles. The molecule has 0 aromatic carbocycles. The molecule has 2 N–H and O–H groups in total. The molecular weight excluding hydrogens is 258 g/mol. The molecule has 1 aromatic rings. The average molecular weight is 271 g/mol. The third-order valence-electron chi connectivity index (χ3n) is 2.10. The molecule has 0 fully saturated rings. The van der Waals surface area contributed by atoms with E-state index in [1.165, 1.54) is 0 Å². The lowest BCUT2D eigenvalue weighted by molar-refractivity contribution is 0.0656. The van der Waals surface area contributed by atoms with Crippen molar-refractivity contribution in [2.45, 2.75) is 24.4 Å². The molecule has 6 nitrogen and oxygen atoms in total. The Hall–Kier alpha value is -1.78. The van der Waals surface area contributed by atoms with Gasteiger partial charge >= 0.3 is 5.97 Å². The van der Waals surface area contributed by atoms with Crippen molar-refractivity contribution >= 4 is 16.0 Å². The third-order valence-corrected chi connectivity index (χ3v) is 3.43. The van der Waals surface area contributed by atoms with Crippen LogP contribution in [-0.2, 0) is 10.0 Å². The van der Waals surface area contributed by atoms with Gasteiger partial charge in [-0.25, -0.2) is 17.9 Å². The molecule has 0 amide bonds. The summed E-state index contributed by atoms with van der Waals surface area (Å²) in [5, 5.41) is 8.20. The van der Waals surface area contributed by atoms with Gasteiger partial charge in [0.25, 0.3) is 10.0 Å². The van der Waals surface area contributed by atoms with E-state index in [0.717, 1.165) is 18.6 Å². The van der Waals surface area contributed by atoms with Gasteiger partial charge in [0.15, 0.2) is 0 Å². The lowest BCUT2D eigenvalue weighted by atomic mass is 10.2. The number of rotatable bonds is 7. The number of carboxylic acid groups (broad SMARTS) is 1. The van der Waals surface area contributed by atoms with Crippen LogP contribution in [0.4, 0.5) is 0 Å². The van der Waals surface area contributed by atoms with E-state index >= 15 is 0 Å². The van der Waals surface area contributed by atoms with Crippen molar-refractivity contribution in [2.24, 2.45) is 0 Å². The summed E-state index contributed by atoms with van der Waals surface area (Å²) in [6, 6.07) is 2.20. The number of unbranched alkanes of at least 4 members (excludes halogenated alkanes) is 2. The molecule has 98 valence electrons. The molecule has 0 unspecified atom stereocenters. The maximum Gasteiger partial charge on any atom is 0.371 e. The molecule has 1 rings (SSSR count). The summed E-state index contributed by atoms with van der Waals surface area (Å²) in [4.78, 5) is 10.5. The summed E-state index contributed by atoms with van der Waals surface area (Å²) >= 11 is 0. The summed E-state index contributed by atoms with van der Waals surface area (Å²) in [6.45, 7) is 0.229. The molecule has 0 bridgehead atoms. The van der Waals surface area contributed by atoms with Gasteiger partial charge in [-0.05, 0) is 25.0 Å². The van der Waals surface area contributed by atoms with Gasteiger partial charge in [0, 0.05) is 13.0 Å². The van der Waals surface area contributed by atoms with Gasteiger partial charge in [-0.3, -0.25) is 0 Å². The molecule has 18 heavy (non-hydrogen) atoms. The van der Waals surface area contributed by atoms with Crippen LogP contribution < -0.4 is 4.72 Å². The van der Waals surface area contributed by atoms with E-state index in [0.29, 0.717) is 12.8 Å². The van der Waals surface area contributed by atoms with E-state index in [-0.39, 0.29) is 6.54 Å². The highest BCUT2D eigenvalue weighted by Gasteiger charge is 2.20. The fraction of sp³-hybridized carbons (Fsp3) is 0.364. The molecule has 7 heteroatoms. The smallest absolute Gasteiger partial charge is 0.371 e. The van der Waals surface area contributed by atoms with Crippen LogP contribution in [0.2, 0.25) is 0 Å². The number of carboxylic acids is 1. The van der Waals surface area contributed by atoms with Gasteiger partial charge in [0.2, 0.25) is 10.9 Å². The second kappa shape index (κ2) is 6.23. The predicted octanol–water partition coefficient (Wildman–Crippen LogP) is 1.06. The van der Waals surface area contributed by atoms with E-state index < -0.39 is 26.8 Å². The Morgan fingerprint density at radius 1 is 1.44 bits per heavy atom. The minimum absolute atomic E-state index is 0.229. The zero-order chi connectivity index (χ0) is 13.6. The summed E-state index contributed by atoms with van der Waals surface area (Å²) in [7, 11) is -3.79. The minimum Gasteiger partial charge on any atom is -0.475 e. The van der Waals surface area contributed by atoms with Crippen molar-refractivity contribution in [1.82, 2.24) is 4.72 Å². The first kappa shape index (κ1) is 14.3. The van der Waals surface area contributed by atoms with Crippen LogP contribution in [0.25, 0.3) is 0 Å². The van der Waals surface area contributed by atoms with Crippen LogP contribution >= 0.6 is 0 Å². The highest BCUT2D eigenvalue weighted by Crippen LogP contribution is 2.13. The number of carbonyl (C=O) groups is 1. The SMILES string of the molecule is C#CCCCCNS(=O)(=O)c1ccc(C(=O)O)o1. The normalized spacial score (nSPS) is 11.1. The first-order valence-electron chi connectivity index (χ1n) is 5.23. The Bertz CT molecular complexity index is 552. The predicted molar refractivity (Wildman–Crippen MR) is 63.5 cm³/mol. The van der Waals surface area contributed by atoms with Crippen LogP contribution in [0.5, 0.6) is 0 Å². The number of nitrogens with one attached hydrogen (secondary N) is 1. The van der Waals surface area contributed by atoms with Crippen LogP contribution in [0.3, 0.4) is 0 Å². The topological polar surface area (TPSA) is 96.6 Å². The Morgan fingerprint density at radius 3 is 2.72 bits per heavy atom. The molecule has 1 aromatic heterocycles.